The molecular formula is C14H8BrF2NO3. The number of nitrogens with one attached hydrogen (secondary N) is 1. The Morgan fingerprint density at radius 2 is 1.76 bits per heavy atom. The quantitative estimate of drug-likeness (QED) is 0.893. The van der Waals surface area contributed by atoms with Gasteiger partial charge in [-0.3, -0.25) is 4.79 Å². The fraction of sp³-hybridized carbons (Fsp3) is 0.0714. The van der Waals surface area contributed by atoms with Gasteiger partial charge in [0.15, 0.2) is 23.1 Å². The summed E-state index contributed by atoms with van der Waals surface area (Å²) in [7, 11) is 0. The molecule has 0 fully saturated rings. The smallest absolute Gasteiger partial charge is 0.255 e. The van der Waals surface area contributed by atoms with Crippen molar-refractivity contribution in [3.05, 3.63) is 52.0 Å². The number of carbonyl (C=O) groups excluding carboxylic acids is 1. The molecular weight excluding hydrogens is 348 g/mol. The predicted molar refractivity (Wildman–Crippen MR) is 74.6 cm³/mol. The minimum Gasteiger partial charge on any atom is -0.454 e. The molecule has 0 aliphatic carbocycles. The number of halogens is 3. The Morgan fingerprint density at radius 1 is 1.10 bits per heavy atom. The van der Waals surface area contributed by atoms with Crippen LogP contribution in [0.5, 0.6) is 11.5 Å². The van der Waals surface area contributed by atoms with Gasteiger partial charge in [0, 0.05) is 10.0 Å². The Labute approximate surface area is 126 Å². The van der Waals surface area contributed by atoms with Gasteiger partial charge in [0.25, 0.3) is 5.91 Å². The van der Waals surface area contributed by atoms with E-state index in [-0.39, 0.29) is 16.8 Å². The molecule has 21 heavy (non-hydrogen) atoms. The van der Waals surface area contributed by atoms with Crippen LogP contribution < -0.4 is 14.8 Å². The summed E-state index contributed by atoms with van der Waals surface area (Å²) in [6.07, 6.45) is 0. The highest BCUT2D eigenvalue weighted by molar-refractivity contribution is 9.10. The first-order valence-corrected chi connectivity index (χ1v) is 6.69. The van der Waals surface area contributed by atoms with Crippen LogP contribution in [-0.2, 0) is 0 Å². The number of carbonyl (C=O) groups is 1. The summed E-state index contributed by atoms with van der Waals surface area (Å²) in [5.74, 6) is -1.44. The van der Waals surface area contributed by atoms with Crippen molar-refractivity contribution in [3.63, 3.8) is 0 Å². The summed E-state index contributed by atoms with van der Waals surface area (Å²) in [5, 5.41) is 2.21. The van der Waals surface area contributed by atoms with E-state index in [0.717, 1.165) is 12.1 Å². The average molecular weight is 356 g/mol. The Morgan fingerprint density at radius 3 is 2.48 bits per heavy atom. The lowest BCUT2D eigenvalue weighted by Crippen LogP contribution is -2.14. The van der Waals surface area contributed by atoms with Crippen LogP contribution in [0, 0.1) is 11.6 Å². The number of fused-ring (bicyclic) bond motifs is 1. The molecule has 1 amide bonds. The summed E-state index contributed by atoms with van der Waals surface area (Å²) in [6.45, 7) is 0.0797. The third-order valence-corrected chi connectivity index (χ3v) is 3.34. The van der Waals surface area contributed by atoms with Crippen LogP contribution in [0.3, 0.4) is 0 Å². The van der Waals surface area contributed by atoms with Gasteiger partial charge in [0.05, 0.1) is 0 Å². The molecule has 108 valence electrons. The van der Waals surface area contributed by atoms with Gasteiger partial charge >= 0.3 is 0 Å². The fourth-order valence-electron chi connectivity index (χ4n) is 1.89. The number of anilines is 1. The Hall–Kier alpha value is -2.15. The highest BCUT2D eigenvalue weighted by atomic mass is 79.9. The van der Waals surface area contributed by atoms with Crippen molar-refractivity contribution in [2.45, 2.75) is 0 Å². The molecule has 4 nitrogen and oxygen atoms in total. The molecule has 0 saturated heterocycles. The summed E-state index contributed by atoms with van der Waals surface area (Å²) >= 11 is 2.97. The lowest BCUT2D eigenvalue weighted by Gasteiger charge is -2.08. The molecule has 0 radical (unpaired) electrons. The van der Waals surface area contributed by atoms with Crippen molar-refractivity contribution in [1.29, 1.82) is 0 Å². The van der Waals surface area contributed by atoms with Crippen molar-refractivity contribution in [1.82, 2.24) is 0 Å². The second-order valence-electron chi connectivity index (χ2n) is 4.27. The third-order valence-electron chi connectivity index (χ3n) is 2.88. The Balaban J connectivity index is 1.87. The molecule has 0 saturated carbocycles. The molecule has 0 unspecified atom stereocenters. The van der Waals surface area contributed by atoms with Crippen molar-refractivity contribution in [2.24, 2.45) is 0 Å². The van der Waals surface area contributed by atoms with E-state index in [1.165, 1.54) is 12.1 Å². The van der Waals surface area contributed by atoms with Crippen molar-refractivity contribution in [2.75, 3.05) is 12.1 Å². The van der Waals surface area contributed by atoms with Gasteiger partial charge in [-0.25, -0.2) is 8.78 Å². The number of benzene rings is 2. The zero-order chi connectivity index (χ0) is 15.0. The van der Waals surface area contributed by atoms with Gasteiger partial charge in [-0.05, 0) is 30.3 Å². The number of ether oxygens (including phenoxy) is 2. The van der Waals surface area contributed by atoms with Crippen LogP contribution in [0.4, 0.5) is 14.5 Å². The third kappa shape index (κ3) is 2.69. The van der Waals surface area contributed by atoms with E-state index in [0.29, 0.717) is 11.5 Å². The van der Waals surface area contributed by atoms with Crippen LogP contribution in [0.2, 0.25) is 0 Å². The summed E-state index contributed by atoms with van der Waals surface area (Å²) in [5.41, 5.74) is -0.290. The SMILES string of the molecule is O=C(Nc1c(F)cc(Br)cc1F)c1ccc2c(c1)OCO2. The molecule has 1 aliphatic rings. The van der Waals surface area contributed by atoms with Crippen LogP contribution in [0.1, 0.15) is 10.4 Å². The maximum absolute atomic E-state index is 13.7. The molecule has 1 aliphatic heterocycles. The van der Waals surface area contributed by atoms with Crippen molar-refractivity contribution < 1.29 is 23.0 Å². The Bertz CT molecular complexity index is 713. The second kappa shape index (κ2) is 5.33. The van der Waals surface area contributed by atoms with Gasteiger partial charge < -0.3 is 14.8 Å². The zero-order valence-electron chi connectivity index (χ0n) is 10.5. The monoisotopic (exact) mass is 355 g/mol. The van der Waals surface area contributed by atoms with E-state index in [2.05, 4.69) is 21.2 Å². The van der Waals surface area contributed by atoms with Crippen molar-refractivity contribution >= 4 is 27.5 Å². The number of rotatable bonds is 2. The summed E-state index contributed by atoms with van der Waals surface area (Å²) in [4.78, 5) is 12.1. The van der Waals surface area contributed by atoms with E-state index in [1.54, 1.807) is 6.07 Å². The number of hydrogen-bond donors (Lipinski definition) is 1. The fourth-order valence-corrected chi connectivity index (χ4v) is 2.29. The van der Waals surface area contributed by atoms with E-state index >= 15 is 0 Å². The van der Waals surface area contributed by atoms with Gasteiger partial charge in [0.2, 0.25) is 6.79 Å². The van der Waals surface area contributed by atoms with E-state index < -0.39 is 23.2 Å². The summed E-state index contributed by atoms with van der Waals surface area (Å²) < 4.78 is 37.9. The molecule has 0 bridgehead atoms. The van der Waals surface area contributed by atoms with Crippen LogP contribution in [0.25, 0.3) is 0 Å². The Kier molecular flexibility index (Phi) is 3.50. The first-order valence-electron chi connectivity index (χ1n) is 5.90. The second-order valence-corrected chi connectivity index (χ2v) is 5.18. The first kappa shape index (κ1) is 13.8. The lowest BCUT2D eigenvalue weighted by molar-refractivity contribution is 0.102. The van der Waals surface area contributed by atoms with Crippen LogP contribution >= 0.6 is 15.9 Å². The largest absolute Gasteiger partial charge is 0.454 e. The number of hydrogen-bond acceptors (Lipinski definition) is 3. The van der Waals surface area contributed by atoms with Crippen LogP contribution in [-0.4, -0.2) is 12.7 Å². The normalized spacial score (nSPS) is 12.3. The standard InChI is InChI=1S/C14H8BrF2NO3/c15-8-4-9(16)13(10(17)5-8)18-14(19)7-1-2-11-12(3-7)21-6-20-11/h1-5H,6H2,(H,18,19). The number of amides is 1. The molecule has 0 atom stereocenters. The molecule has 0 spiro atoms. The van der Waals surface area contributed by atoms with E-state index in [1.807, 2.05) is 0 Å². The first-order chi connectivity index (χ1) is 10.0. The molecule has 1 N–H and O–H groups in total. The molecule has 1 heterocycles. The molecule has 2 aromatic carbocycles. The minimum atomic E-state index is -0.865. The zero-order valence-corrected chi connectivity index (χ0v) is 12.0. The molecule has 0 aromatic heterocycles. The van der Waals surface area contributed by atoms with Crippen molar-refractivity contribution in [3.8, 4) is 11.5 Å². The van der Waals surface area contributed by atoms with E-state index in [9.17, 15) is 13.6 Å². The predicted octanol–water partition coefficient (Wildman–Crippen LogP) is 3.71. The van der Waals surface area contributed by atoms with Crippen LogP contribution in [0.15, 0.2) is 34.8 Å². The van der Waals surface area contributed by atoms with Gasteiger partial charge in [0.1, 0.15) is 5.69 Å². The highest BCUT2D eigenvalue weighted by Gasteiger charge is 2.18. The topological polar surface area (TPSA) is 47.6 Å². The van der Waals surface area contributed by atoms with Gasteiger partial charge in [-0.15, -0.1) is 0 Å². The van der Waals surface area contributed by atoms with Gasteiger partial charge in [-0.2, -0.15) is 0 Å². The molecule has 2 aromatic rings. The minimum absolute atomic E-state index is 0.0797. The maximum Gasteiger partial charge on any atom is 0.255 e. The molecule has 3 rings (SSSR count). The lowest BCUT2D eigenvalue weighted by atomic mass is 10.2. The highest BCUT2D eigenvalue weighted by Crippen LogP contribution is 2.33. The van der Waals surface area contributed by atoms with Gasteiger partial charge in [-0.1, -0.05) is 15.9 Å². The van der Waals surface area contributed by atoms with E-state index in [4.69, 9.17) is 9.47 Å². The average Bonchev–Trinajstić information content (AvgIpc) is 2.89. The maximum atomic E-state index is 13.7. The summed E-state index contributed by atoms with van der Waals surface area (Å²) in [6, 6.07) is 6.63. The molecule has 7 heteroatoms.